The normalized spacial score (nSPS) is 13.9. The predicted octanol–water partition coefficient (Wildman–Crippen LogP) is 4.99. The van der Waals surface area contributed by atoms with Crippen molar-refractivity contribution in [1.29, 1.82) is 0 Å². The lowest BCUT2D eigenvalue weighted by Crippen LogP contribution is -2.24. The van der Waals surface area contributed by atoms with Crippen molar-refractivity contribution in [2.24, 2.45) is 0 Å². The van der Waals surface area contributed by atoms with Crippen LogP contribution in [-0.4, -0.2) is 25.9 Å². The summed E-state index contributed by atoms with van der Waals surface area (Å²) in [6, 6.07) is 9.57. The second-order valence-corrected chi connectivity index (χ2v) is 10.4. The summed E-state index contributed by atoms with van der Waals surface area (Å²) in [6.07, 6.45) is 4.10. The molecule has 0 unspecified atom stereocenters. The molecule has 0 fully saturated rings. The molecule has 0 aliphatic carbocycles. The van der Waals surface area contributed by atoms with E-state index in [1.165, 1.54) is 17.3 Å². The number of rotatable bonds is 4. The van der Waals surface area contributed by atoms with Gasteiger partial charge in [-0.25, -0.2) is 18.7 Å². The standard InChI is InChI=1S/C27H31FN6O/c1-16(2)33-26(35)21-15-31-25(32-19-7-6-18-14-29-10-8-17(18)12-19)23(28)24(21)34(33)20-9-11-30-22(13-20)27(3,4)5/h6-7,9,11-13,15-16,29H,8,10,14H2,1-5H3,(H,31,32). The molecular weight excluding hydrogens is 443 g/mol. The molecule has 35 heavy (non-hydrogen) atoms. The van der Waals surface area contributed by atoms with Crippen LogP contribution in [0.1, 0.15) is 57.5 Å². The molecular formula is C27H31FN6O. The highest BCUT2D eigenvalue weighted by Crippen LogP contribution is 2.30. The van der Waals surface area contributed by atoms with Gasteiger partial charge in [-0.1, -0.05) is 26.8 Å². The van der Waals surface area contributed by atoms with Crippen molar-refractivity contribution in [3.63, 3.8) is 0 Å². The average molecular weight is 475 g/mol. The molecule has 182 valence electrons. The van der Waals surface area contributed by atoms with Crippen LogP contribution >= 0.6 is 0 Å². The number of pyridine rings is 2. The zero-order valence-electron chi connectivity index (χ0n) is 20.8. The first-order valence-corrected chi connectivity index (χ1v) is 12.0. The Balaban J connectivity index is 1.68. The third-order valence-electron chi connectivity index (χ3n) is 6.46. The second kappa shape index (κ2) is 8.61. The lowest BCUT2D eigenvalue weighted by Gasteiger charge is -2.21. The van der Waals surface area contributed by atoms with Gasteiger partial charge in [0, 0.05) is 41.8 Å². The summed E-state index contributed by atoms with van der Waals surface area (Å²) in [5, 5.41) is 6.75. The molecule has 0 atom stereocenters. The van der Waals surface area contributed by atoms with Gasteiger partial charge in [-0.05, 0) is 62.2 Å². The fourth-order valence-corrected chi connectivity index (χ4v) is 4.62. The van der Waals surface area contributed by atoms with Crippen molar-refractivity contribution in [3.8, 4) is 5.69 Å². The maximum absolute atomic E-state index is 16.1. The number of fused-ring (bicyclic) bond motifs is 2. The number of hydrogen-bond acceptors (Lipinski definition) is 5. The maximum atomic E-state index is 16.1. The minimum Gasteiger partial charge on any atom is -0.338 e. The fraction of sp³-hybridized carbons (Fsp3) is 0.370. The van der Waals surface area contributed by atoms with Crippen LogP contribution in [0.2, 0.25) is 0 Å². The molecule has 5 rings (SSSR count). The van der Waals surface area contributed by atoms with Gasteiger partial charge >= 0.3 is 0 Å². The molecule has 0 radical (unpaired) electrons. The van der Waals surface area contributed by atoms with Crippen LogP contribution in [0.15, 0.2) is 47.5 Å². The molecule has 3 aromatic heterocycles. The van der Waals surface area contributed by atoms with Crippen molar-refractivity contribution < 1.29 is 4.39 Å². The molecule has 0 saturated carbocycles. The van der Waals surface area contributed by atoms with Crippen molar-refractivity contribution in [3.05, 3.63) is 75.7 Å². The van der Waals surface area contributed by atoms with Gasteiger partial charge in [-0.2, -0.15) is 0 Å². The SMILES string of the molecule is CC(C)n1c(=O)c2cnc(Nc3ccc4c(c3)CCNC4)c(F)c2n1-c1ccnc(C(C)(C)C)c1. The van der Waals surface area contributed by atoms with E-state index in [1.807, 2.05) is 32.0 Å². The van der Waals surface area contributed by atoms with Gasteiger partial charge in [0.1, 0.15) is 5.52 Å². The quantitative estimate of drug-likeness (QED) is 0.436. The Hall–Kier alpha value is -3.52. The minimum absolute atomic E-state index is 0.0890. The Bertz CT molecular complexity index is 1480. The van der Waals surface area contributed by atoms with E-state index in [0.717, 1.165) is 30.9 Å². The van der Waals surface area contributed by atoms with Gasteiger partial charge in [0.2, 0.25) is 0 Å². The molecule has 1 aliphatic heterocycles. The van der Waals surface area contributed by atoms with E-state index in [2.05, 4.69) is 47.4 Å². The first-order valence-electron chi connectivity index (χ1n) is 12.0. The number of anilines is 2. The Kier molecular flexibility index (Phi) is 5.71. The summed E-state index contributed by atoms with van der Waals surface area (Å²) in [5.74, 6) is -0.473. The molecule has 2 N–H and O–H groups in total. The van der Waals surface area contributed by atoms with E-state index in [9.17, 15) is 4.79 Å². The molecule has 8 heteroatoms. The number of halogens is 1. The van der Waals surface area contributed by atoms with Gasteiger partial charge in [0.25, 0.3) is 5.56 Å². The Morgan fingerprint density at radius 3 is 2.66 bits per heavy atom. The number of hydrogen-bond donors (Lipinski definition) is 2. The molecule has 0 spiro atoms. The molecule has 1 aromatic carbocycles. The monoisotopic (exact) mass is 474 g/mol. The first-order chi connectivity index (χ1) is 16.6. The van der Waals surface area contributed by atoms with Gasteiger partial charge in [0.15, 0.2) is 11.6 Å². The summed E-state index contributed by atoms with van der Waals surface area (Å²) in [4.78, 5) is 22.1. The zero-order valence-corrected chi connectivity index (χ0v) is 20.8. The molecule has 7 nitrogen and oxygen atoms in total. The summed E-state index contributed by atoms with van der Waals surface area (Å²) in [7, 11) is 0. The van der Waals surface area contributed by atoms with Crippen molar-refractivity contribution in [2.45, 2.75) is 59.0 Å². The van der Waals surface area contributed by atoms with Crippen LogP contribution in [0.5, 0.6) is 0 Å². The Morgan fingerprint density at radius 2 is 1.91 bits per heavy atom. The summed E-state index contributed by atoms with van der Waals surface area (Å²) >= 11 is 0. The van der Waals surface area contributed by atoms with Gasteiger partial charge < -0.3 is 10.6 Å². The first kappa shape index (κ1) is 23.2. The average Bonchev–Trinajstić information content (AvgIpc) is 3.13. The van der Waals surface area contributed by atoms with Gasteiger partial charge in [0.05, 0.1) is 11.1 Å². The summed E-state index contributed by atoms with van der Waals surface area (Å²) in [6.45, 7) is 11.8. The van der Waals surface area contributed by atoms with Crippen LogP contribution in [0.4, 0.5) is 15.9 Å². The number of aromatic nitrogens is 4. The molecule has 0 saturated heterocycles. The fourth-order valence-electron chi connectivity index (χ4n) is 4.62. The third kappa shape index (κ3) is 4.12. The van der Waals surface area contributed by atoms with Crippen LogP contribution in [0, 0.1) is 5.82 Å². The van der Waals surface area contributed by atoms with Crippen LogP contribution in [0.25, 0.3) is 16.6 Å². The van der Waals surface area contributed by atoms with Crippen LogP contribution < -0.4 is 16.2 Å². The summed E-state index contributed by atoms with van der Waals surface area (Å²) < 4.78 is 19.4. The zero-order chi connectivity index (χ0) is 24.9. The van der Waals surface area contributed by atoms with E-state index in [1.54, 1.807) is 21.6 Å². The Morgan fingerprint density at radius 1 is 1.11 bits per heavy atom. The molecule has 1 aliphatic rings. The van der Waals surface area contributed by atoms with E-state index >= 15 is 4.39 Å². The number of nitrogens with zero attached hydrogens (tertiary/aromatic N) is 4. The van der Waals surface area contributed by atoms with Crippen molar-refractivity contribution >= 4 is 22.4 Å². The highest BCUT2D eigenvalue weighted by molar-refractivity contribution is 5.84. The number of nitrogens with one attached hydrogen (secondary N) is 2. The smallest absolute Gasteiger partial charge is 0.276 e. The highest BCUT2D eigenvalue weighted by atomic mass is 19.1. The number of benzene rings is 1. The van der Waals surface area contributed by atoms with E-state index in [4.69, 9.17) is 0 Å². The largest absolute Gasteiger partial charge is 0.338 e. The molecule has 0 bridgehead atoms. The molecule has 4 heterocycles. The minimum atomic E-state index is -0.562. The lowest BCUT2D eigenvalue weighted by molar-refractivity contribution is 0.472. The maximum Gasteiger partial charge on any atom is 0.276 e. The van der Waals surface area contributed by atoms with Crippen molar-refractivity contribution in [1.82, 2.24) is 24.6 Å². The van der Waals surface area contributed by atoms with Crippen LogP contribution in [-0.2, 0) is 18.4 Å². The van der Waals surface area contributed by atoms with Gasteiger partial charge in [-0.15, -0.1) is 0 Å². The highest BCUT2D eigenvalue weighted by Gasteiger charge is 2.24. The third-order valence-corrected chi connectivity index (χ3v) is 6.46. The van der Waals surface area contributed by atoms with Gasteiger partial charge in [-0.3, -0.25) is 9.78 Å². The Labute approximate surface area is 204 Å². The molecule has 4 aromatic rings. The second-order valence-electron chi connectivity index (χ2n) is 10.4. The van der Waals surface area contributed by atoms with Crippen molar-refractivity contribution in [2.75, 3.05) is 11.9 Å². The van der Waals surface area contributed by atoms with E-state index in [0.29, 0.717) is 5.69 Å². The lowest BCUT2D eigenvalue weighted by atomic mass is 9.91. The van der Waals surface area contributed by atoms with Crippen LogP contribution in [0.3, 0.4) is 0 Å². The summed E-state index contributed by atoms with van der Waals surface area (Å²) in [5.41, 5.74) is 4.53. The predicted molar refractivity (Wildman–Crippen MR) is 137 cm³/mol. The molecule has 0 amide bonds. The van der Waals surface area contributed by atoms with E-state index in [-0.39, 0.29) is 33.7 Å². The van der Waals surface area contributed by atoms with E-state index < -0.39 is 5.82 Å². The topological polar surface area (TPSA) is 76.8 Å².